The van der Waals surface area contributed by atoms with Crippen LogP contribution in [-0.4, -0.2) is 30.4 Å². The number of nitrogens with two attached hydrogens (primary N) is 1. The number of hydrogen-bond acceptors (Lipinski definition) is 3. The second kappa shape index (κ2) is 7.87. The zero-order valence-electron chi connectivity index (χ0n) is 11.2. The van der Waals surface area contributed by atoms with Crippen molar-refractivity contribution in [3.63, 3.8) is 0 Å². The average molecular weight is 298 g/mol. The summed E-state index contributed by atoms with van der Waals surface area (Å²) in [6, 6.07) is 8.53. The van der Waals surface area contributed by atoms with E-state index in [0.717, 1.165) is 12.0 Å². The Kier molecular flexibility index (Phi) is 6.48. The number of rotatable bonds is 4. The Bertz CT molecular complexity index is 453. The minimum absolute atomic E-state index is 0. The van der Waals surface area contributed by atoms with Crippen molar-refractivity contribution in [1.82, 2.24) is 10.6 Å². The maximum atomic E-state index is 11.9. The zero-order chi connectivity index (χ0) is 13.7. The van der Waals surface area contributed by atoms with Crippen molar-refractivity contribution < 1.29 is 9.59 Å². The summed E-state index contributed by atoms with van der Waals surface area (Å²) >= 11 is 0. The van der Waals surface area contributed by atoms with Crippen LogP contribution in [-0.2, 0) is 16.0 Å². The van der Waals surface area contributed by atoms with Crippen molar-refractivity contribution in [3.8, 4) is 0 Å². The molecular formula is C14H20ClN3O2. The molecule has 0 radical (unpaired) electrons. The van der Waals surface area contributed by atoms with E-state index < -0.39 is 12.1 Å². The van der Waals surface area contributed by atoms with E-state index in [1.807, 2.05) is 30.3 Å². The van der Waals surface area contributed by atoms with Gasteiger partial charge in [-0.3, -0.25) is 9.59 Å². The third-order valence-corrected chi connectivity index (χ3v) is 3.24. The number of hydrogen-bond donors (Lipinski definition) is 3. The fourth-order valence-corrected chi connectivity index (χ4v) is 2.15. The summed E-state index contributed by atoms with van der Waals surface area (Å²) in [5, 5.41) is 5.44. The van der Waals surface area contributed by atoms with Gasteiger partial charge in [0.2, 0.25) is 11.8 Å². The number of amides is 2. The van der Waals surface area contributed by atoms with E-state index in [9.17, 15) is 9.59 Å². The van der Waals surface area contributed by atoms with Crippen LogP contribution in [0.1, 0.15) is 18.4 Å². The van der Waals surface area contributed by atoms with E-state index in [1.165, 1.54) is 0 Å². The van der Waals surface area contributed by atoms with Crippen molar-refractivity contribution in [3.05, 3.63) is 35.9 Å². The molecule has 1 heterocycles. The quantitative estimate of drug-likeness (QED) is 0.751. The standard InChI is InChI=1S/C14H19N3O2.ClH/c15-11(9-10-5-2-1-3-6-10)13(18)17-12-7-4-8-16-14(12)19;/h1-3,5-6,11-12H,4,7-9,15H2,(H,16,19)(H,17,18);1H. The number of piperidine rings is 1. The molecule has 1 aliphatic rings. The molecule has 0 saturated carbocycles. The van der Waals surface area contributed by atoms with Crippen LogP contribution in [0.3, 0.4) is 0 Å². The van der Waals surface area contributed by atoms with Gasteiger partial charge in [-0.15, -0.1) is 12.4 Å². The third-order valence-electron chi connectivity index (χ3n) is 3.24. The van der Waals surface area contributed by atoms with Crippen LogP contribution in [0.15, 0.2) is 30.3 Å². The Hall–Kier alpha value is -1.59. The van der Waals surface area contributed by atoms with Crippen LogP contribution in [0.2, 0.25) is 0 Å². The van der Waals surface area contributed by atoms with Crippen molar-refractivity contribution in [1.29, 1.82) is 0 Å². The number of carbonyl (C=O) groups is 2. The van der Waals surface area contributed by atoms with Crippen molar-refractivity contribution >= 4 is 24.2 Å². The maximum Gasteiger partial charge on any atom is 0.242 e. The molecule has 2 amide bonds. The molecule has 0 aliphatic carbocycles. The molecule has 0 spiro atoms. The topological polar surface area (TPSA) is 84.2 Å². The molecular weight excluding hydrogens is 278 g/mol. The lowest BCUT2D eigenvalue weighted by atomic mass is 10.0. The van der Waals surface area contributed by atoms with E-state index in [1.54, 1.807) is 0 Å². The molecule has 2 atom stereocenters. The molecule has 1 aromatic rings. The van der Waals surface area contributed by atoms with Crippen molar-refractivity contribution in [2.75, 3.05) is 6.54 Å². The van der Waals surface area contributed by atoms with E-state index in [4.69, 9.17) is 5.73 Å². The summed E-state index contributed by atoms with van der Waals surface area (Å²) in [4.78, 5) is 23.5. The fourth-order valence-electron chi connectivity index (χ4n) is 2.15. The van der Waals surface area contributed by atoms with Crippen LogP contribution in [0.5, 0.6) is 0 Å². The summed E-state index contributed by atoms with van der Waals surface area (Å²) in [7, 11) is 0. The SMILES string of the molecule is Cl.NC(Cc1ccccc1)C(=O)NC1CCCNC1=O. The molecule has 2 unspecified atom stereocenters. The first-order chi connectivity index (χ1) is 9.16. The largest absolute Gasteiger partial charge is 0.354 e. The highest BCUT2D eigenvalue weighted by Crippen LogP contribution is 2.05. The highest BCUT2D eigenvalue weighted by atomic mass is 35.5. The van der Waals surface area contributed by atoms with Gasteiger partial charge < -0.3 is 16.4 Å². The van der Waals surface area contributed by atoms with Gasteiger partial charge in [-0.1, -0.05) is 30.3 Å². The van der Waals surface area contributed by atoms with Gasteiger partial charge in [-0.25, -0.2) is 0 Å². The highest BCUT2D eigenvalue weighted by molar-refractivity contribution is 5.90. The van der Waals surface area contributed by atoms with Gasteiger partial charge in [0.05, 0.1) is 6.04 Å². The van der Waals surface area contributed by atoms with Gasteiger partial charge >= 0.3 is 0 Å². The van der Waals surface area contributed by atoms with Crippen LogP contribution in [0, 0.1) is 0 Å². The molecule has 110 valence electrons. The Labute approximate surface area is 124 Å². The molecule has 1 fully saturated rings. The highest BCUT2D eigenvalue weighted by Gasteiger charge is 2.25. The molecule has 6 heteroatoms. The molecule has 0 aromatic heterocycles. The van der Waals surface area contributed by atoms with Crippen LogP contribution in [0.25, 0.3) is 0 Å². The summed E-state index contributed by atoms with van der Waals surface area (Å²) in [6.07, 6.45) is 2.03. The molecule has 1 aromatic carbocycles. The van der Waals surface area contributed by atoms with Gasteiger partial charge in [-0.2, -0.15) is 0 Å². The van der Waals surface area contributed by atoms with E-state index in [2.05, 4.69) is 10.6 Å². The van der Waals surface area contributed by atoms with E-state index in [0.29, 0.717) is 19.4 Å². The minimum Gasteiger partial charge on any atom is -0.354 e. The molecule has 2 rings (SSSR count). The molecule has 4 N–H and O–H groups in total. The molecule has 1 aliphatic heterocycles. The van der Waals surface area contributed by atoms with Gasteiger partial charge in [0.1, 0.15) is 6.04 Å². The predicted molar refractivity (Wildman–Crippen MR) is 79.5 cm³/mol. The number of benzene rings is 1. The smallest absolute Gasteiger partial charge is 0.242 e. The lowest BCUT2D eigenvalue weighted by Gasteiger charge is -2.24. The molecule has 1 saturated heterocycles. The van der Waals surface area contributed by atoms with E-state index >= 15 is 0 Å². The van der Waals surface area contributed by atoms with Gasteiger partial charge in [0.15, 0.2) is 0 Å². The normalized spacial score (nSPS) is 19.4. The monoisotopic (exact) mass is 297 g/mol. The fraction of sp³-hybridized carbons (Fsp3) is 0.429. The van der Waals surface area contributed by atoms with Crippen molar-refractivity contribution in [2.45, 2.75) is 31.3 Å². The number of nitrogens with one attached hydrogen (secondary N) is 2. The zero-order valence-corrected chi connectivity index (χ0v) is 12.0. The Morgan fingerprint density at radius 3 is 2.75 bits per heavy atom. The third kappa shape index (κ3) is 4.51. The lowest BCUT2D eigenvalue weighted by Crippen LogP contribution is -2.54. The van der Waals surface area contributed by atoms with Crippen LogP contribution >= 0.6 is 12.4 Å². The van der Waals surface area contributed by atoms with E-state index in [-0.39, 0.29) is 24.2 Å². The first kappa shape index (κ1) is 16.5. The minimum atomic E-state index is -0.628. The summed E-state index contributed by atoms with van der Waals surface area (Å²) in [5.74, 6) is -0.391. The first-order valence-electron chi connectivity index (χ1n) is 6.54. The molecule has 5 nitrogen and oxygen atoms in total. The lowest BCUT2D eigenvalue weighted by molar-refractivity contribution is -0.130. The number of halogens is 1. The summed E-state index contributed by atoms with van der Waals surface area (Å²) in [5.41, 5.74) is 6.88. The summed E-state index contributed by atoms with van der Waals surface area (Å²) < 4.78 is 0. The van der Waals surface area contributed by atoms with Gasteiger partial charge in [0.25, 0.3) is 0 Å². The molecule has 0 bridgehead atoms. The van der Waals surface area contributed by atoms with Gasteiger partial charge in [-0.05, 0) is 24.8 Å². The maximum absolute atomic E-state index is 11.9. The molecule has 20 heavy (non-hydrogen) atoms. The first-order valence-corrected chi connectivity index (χ1v) is 6.54. The summed E-state index contributed by atoms with van der Waals surface area (Å²) in [6.45, 7) is 0.682. The second-order valence-corrected chi connectivity index (χ2v) is 4.79. The van der Waals surface area contributed by atoms with Crippen LogP contribution in [0.4, 0.5) is 0 Å². The Balaban J connectivity index is 0.00000200. The predicted octanol–water partition coefficient (Wildman–Crippen LogP) is 0.373. The second-order valence-electron chi connectivity index (χ2n) is 4.79. The van der Waals surface area contributed by atoms with Gasteiger partial charge in [0, 0.05) is 6.54 Å². The Morgan fingerprint density at radius 1 is 1.40 bits per heavy atom. The Morgan fingerprint density at radius 2 is 2.10 bits per heavy atom. The average Bonchev–Trinajstić information content (AvgIpc) is 2.42. The van der Waals surface area contributed by atoms with Crippen LogP contribution < -0.4 is 16.4 Å². The van der Waals surface area contributed by atoms with Crippen molar-refractivity contribution in [2.24, 2.45) is 5.73 Å². The number of carbonyl (C=O) groups excluding carboxylic acids is 2.